The van der Waals surface area contributed by atoms with E-state index in [1.165, 1.54) is 12.1 Å². The Morgan fingerprint density at radius 1 is 1.05 bits per heavy atom. The van der Waals surface area contributed by atoms with E-state index in [-0.39, 0.29) is 0 Å². The van der Waals surface area contributed by atoms with E-state index in [1.807, 2.05) is 18.2 Å². The molecule has 0 saturated heterocycles. The molecule has 0 aliphatic carbocycles. The monoisotopic (exact) mass is 423 g/mol. The number of hydrogen-bond donors (Lipinski definition) is 1. The van der Waals surface area contributed by atoms with Crippen LogP contribution >= 0.6 is 31.9 Å². The molecule has 0 aliphatic rings. The number of benzene rings is 2. The van der Waals surface area contributed by atoms with Gasteiger partial charge >= 0.3 is 6.61 Å². The minimum atomic E-state index is -3.04. The Morgan fingerprint density at radius 3 is 2.43 bits per heavy atom. The van der Waals surface area contributed by atoms with Crippen molar-refractivity contribution in [3.05, 3.63) is 56.7 Å². The van der Waals surface area contributed by atoms with E-state index in [9.17, 15) is 13.2 Å². The molecule has 0 atom stereocenters. The summed E-state index contributed by atoms with van der Waals surface area (Å²) in [4.78, 5) is 0. The first-order valence-electron chi connectivity index (χ1n) is 5.88. The van der Waals surface area contributed by atoms with Crippen molar-refractivity contribution in [3.63, 3.8) is 0 Å². The molecule has 0 radical (unpaired) electrons. The number of nitrogens with one attached hydrogen (secondary N) is 1. The Labute approximate surface area is 136 Å². The first-order chi connectivity index (χ1) is 9.95. The molecular weight excluding hydrogens is 415 g/mol. The summed E-state index contributed by atoms with van der Waals surface area (Å²) in [5.74, 6) is -1.31. The van der Waals surface area contributed by atoms with E-state index in [1.54, 1.807) is 0 Å². The summed E-state index contributed by atoms with van der Waals surface area (Å²) >= 11 is 6.76. The molecule has 0 spiro atoms. The lowest BCUT2D eigenvalue weighted by atomic mass is 10.2. The lowest BCUT2D eigenvalue weighted by Gasteiger charge is -2.10. The molecule has 0 unspecified atom stereocenters. The van der Waals surface area contributed by atoms with Crippen molar-refractivity contribution < 1.29 is 17.9 Å². The van der Waals surface area contributed by atoms with Gasteiger partial charge in [0.05, 0.1) is 0 Å². The first-order valence-corrected chi connectivity index (χ1v) is 7.46. The van der Waals surface area contributed by atoms with Crippen LogP contribution in [0.25, 0.3) is 0 Å². The summed E-state index contributed by atoms with van der Waals surface area (Å²) < 4.78 is 43.5. The second kappa shape index (κ2) is 7.17. The lowest BCUT2D eigenvalue weighted by molar-refractivity contribution is -0.0521. The highest BCUT2D eigenvalue weighted by Crippen LogP contribution is 2.25. The average molecular weight is 425 g/mol. The van der Waals surface area contributed by atoms with Crippen LogP contribution in [0.1, 0.15) is 5.56 Å². The summed E-state index contributed by atoms with van der Waals surface area (Å²) in [6.45, 7) is -2.57. The fraction of sp³-hybridized carbons (Fsp3) is 0.143. The molecule has 0 heterocycles. The number of anilines is 1. The van der Waals surface area contributed by atoms with Gasteiger partial charge in [0, 0.05) is 27.2 Å². The van der Waals surface area contributed by atoms with Crippen molar-refractivity contribution in [1.82, 2.24) is 0 Å². The number of halogens is 5. The maximum absolute atomic E-state index is 13.5. The molecule has 2 nitrogen and oxygen atoms in total. The smallest absolute Gasteiger partial charge is 0.387 e. The van der Waals surface area contributed by atoms with Gasteiger partial charge in [-0.2, -0.15) is 8.78 Å². The standard InChI is InChI=1S/C14H10Br2F3NO/c15-10-3-1-8(5-11(10)16)7-20-9-2-4-13(12(17)6-9)21-14(18)19/h1-6,14,20H,7H2. The van der Waals surface area contributed by atoms with E-state index in [2.05, 4.69) is 41.9 Å². The van der Waals surface area contributed by atoms with Gasteiger partial charge in [0.1, 0.15) is 0 Å². The highest BCUT2D eigenvalue weighted by Gasteiger charge is 2.10. The Morgan fingerprint density at radius 2 is 1.81 bits per heavy atom. The second-order valence-corrected chi connectivity index (χ2v) is 5.83. The molecule has 7 heteroatoms. The fourth-order valence-corrected chi connectivity index (χ4v) is 2.33. The van der Waals surface area contributed by atoms with Crippen molar-refractivity contribution in [1.29, 1.82) is 0 Å². The molecule has 21 heavy (non-hydrogen) atoms. The Hall–Kier alpha value is -1.21. The van der Waals surface area contributed by atoms with Crippen molar-refractivity contribution in [2.75, 3.05) is 5.32 Å². The highest BCUT2D eigenvalue weighted by atomic mass is 79.9. The minimum Gasteiger partial charge on any atom is -0.432 e. The lowest BCUT2D eigenvalue weighted by Crippen LogP contribution is -2.05. The van der Waals surface area contributed by atoms with Crippen LogP contribution in [0.2, 0.25) is 0 Å². The van der Waals surface area contributed by atoms with Crippen molar-refractivity contribution >= 4 is 37.5 Å². The molecule has 0 saturated carbocycles. The molecule has 112 valence electrons. The van der Waals surface area contributed by atoms with Crippen LogP contribution in [-0.4, -0.2) is 6.61 Å². The maximum atomic E-state index is 13.5. The number of rotatable bonds is 5. The van der Waals surface area contributed by atoms with E-state index >= 15 is 0 Å². The van der Waals surface area contributed by atoms with Gasteiger partial charge in [-0.3, -0.25) is 0 Å². The quantitative estimate of drug-likeness (QED) is 0.677. The normalized spacial score (nSPS) is 10.8. The molecule has 2 aromatic rings. The van der Waals surface area contributed by atoms with Crippen LogP contribution < -0.4 is 10.1 Å². The third-order valence-corrected chi connectivity index (χ3v) is 4.51. The third kappa shape index (κ3) is 4.64. The van der Waals surface area contributed by atoms with Crippen LogP contribution in [0.3, 0.4) is 0 Å². The zero-order valence-corrected chi connectivity index (χ0v) is 13.7. The van der Waals surface area contributed by atoms with Crippen LogP contribution in [0.4, 0.5) is 18.9 Å². The highest BCUT2D eigenvalue weighted by molar-refractivity contribution is 9.13. The van der Waals surface area contributed by atoms with Crippen molar-refractivity contribution in [2.45, 2.75) is 13.2 Å². The van der Waals surface area contributed by atoms with E-state index in [4.69, 9.17) is 0 Å². The van der Waals surface area contributed by atoms with Crippen molar-refractivity contribution in [3.8, 4) is 5.75 Å². The average Bonchev–Trinajstić information content (AvgIpc) is 2.42. The number of hydrogen-bond acceptors (Lipinski definition) is 2. The Balaban J connectivity index is 2.03. The molecule has 0 aliphatic heterocycles. The zero-order chi connectivity index (χ0) is 15.4. The van der Waals surface area contributed by atoms with Gasteiger partial charge in [-0.05, 0) is 61.7 Å². The van der Waals surface area contributed by atoms with Crippen LogP contribution in [0, 0.1) is 5.82 Å². The van der Waals surface area contributed by atoms with Crippen LogP contribution in [0.5, 0.6) is 5.75 Å². The summed E-state index contributed by atoms with van der Waals surface area (Å²) in [6.07, 6.45) is 0. The number of ether oxygens (including phenoxy) is 1. The van der Waals surface area contributed by atoms with Crippen LogP contribution in [-0.2, 0) is 6.54 Å². The SMILES string of the molecule is Fc1cc(NCc2ccc(Br)c(Br)c2)ccc1OC(F)F. The summed E-state index contributed by atoms with van der Waals surface area (Å²) in [5, 5.41) is 3.01. The van der Waals surface area contributed by atoms with E-state index in [0.717, 1.165) is 20.6 Å². The predicted octanol–water partition coefficient (Wildman–Crippen LogP) is 5.56. The topological polar surface area (TPSA) is 21.3 Å². The number of alkyl halides is 2. The largest absolute Gasteiger partial charge is 0.432 e. The van der Waals surface area contributed by atoms with Gasteiger partial charge in [0.15, 0.2) is 11.6 Å². The van der Waals surface area contributed by atoms with E-state index < -0.39 is 18.2 Å². The second-order valence-electron chi connectivity index (χ2n) is 4.13. The van der Waals surface area contributed by atoms with E-state index in [0.29, 0.717) is 12.2 Å². The van der Waals surface area contributed by atoms with Gasteiger partial charge in [0.25, 0.3) is 0 Å². The van der Waals surface area contributed by atoms with Gasteiger partial charge < -0.3 is 10.1 Å². The molecule has 0 aromatic heterocycles. The summed E-state index contributed by atoms with van der Waals surface area (Å²) in [5.41, 5.74) is 1.46. The molecule has 0 bridgehead atoms. The minimum absolute atomic E-state index is 0.470. The first kappa shape index (κ1) is 16.2. The van der Waals surface area contributed by atoms with Gasteiger partial charge in [-0.25, -0.2) is 4.39 Å². The molecule has 2 rings (SSSR count). The molecule has 1 N–H and O–H groups in total. The molecular formula is C14H10Br2F3NO. The third-order valence-electron chi connectivity index (χ3n) is 2.63. The fourth-order valence-electron chi connectivity index (χ4n) is 1.66. The Kier molecular flexibility index (Phi) is 5.52. The van der Waals surface area contributed by atoms with Crippen LogP contribution in [0.15, 0.2) is 45.3 Å². The van der Waals surface area contributed by atoms with Gasteiger partial charge in [-0.15, -0.1) is 0 Å². The van der Waals surface area contributed by atoms with Crippen molar-refractivity contribution in [2.24, 2.45) is 0 Å². The molecule has 0 amide bonds. The Bertz CT molecular complexity index is 638. The predicted molar refractivity (Wildman–Crippen MR) is 82.2 cm³/mol. The summed E-state index contributed by atoms with van der Waals surface area (Å²) in [6, 6.07) is 9.48. The van der Waals surface area contributed by atoms with Gasteiger partial charge in [0.2, 0.25) is 0 Å². The van der Waals surface area contributed by atoms with Gasteiger partial charge in [-0.1, -0.05) is 6.07 Å². The zero-order valence-electron chi connectivity index (χ0n) is 10.5. The molecule has 0 fully saturated rings. The summed E-state index contributed by atoms with van der Waals surface area (Å²) in [7, 11) is 0. The maximum Gasteiger partial charge on any atom is 0.387 e. The molecule has 2 aromatic carbocycles.